The van der Waals surface area contributed by atoms with Gasteiger partial charge in [-0.25, -0.2) is 4.79 Å². The molecule has 0 aliphatic carbocycles. The van der Waals surface area contributed by atoms with Crippen LogP contribution in [0.1, 0.15) is 26.3 Å². The van der Waals surface area contributed by atoms with Crippen molar-refractivity contribution in [3.63, 3.8) is 0 Å². The van der Waals surface area contributed by atoms with Crippen LogP contribution in [0.25, 0.3) is 0 Å². The van der Waals surface area contributed by atoms with Gasteiger partial charge in [-0.2, -0.15) is 0 Å². The molecule has 1 aliphatic rings. The summed E-state index contributed by atoms with van der Waals surface area (Å²) in [5.74, 6) is 0.0774. The second kappa shape index (κ2) is 7.51. The first-order valence-corrected chi connectivity index (χ1v) is 8.11. The van der Waals surface area contributed by atoms with E-state index in [4.69, 9.17) is 0 Å². The molecule has 5 heteroatoms. The number of carbonyl (C=O) groups excluding carboxylic acids is 1. The summed E-state index contributed by atoms with van der Waals surface area (Å²) in [6.07, 6.45) is 4.30. The van der Waals surface area contributed by atoms with Crippen LogP contribution >= 0.6 is 0 Å². The first-order valence-electron chi connectivity index (χ1n) is 8.11. The SMILES string of the molecule is CC(C)C(C)(O)CNC(=O)NCc1cccc(N2CC=CC2)c1. The van der Waals surface area contributed by atoms with Crippen LogP contribution in [-0.2, 0) is 6.54 Å². The van der Waals surface area contributed by atoms with E-state index in [2.05, 4.69) is 39.8 Å². The van der Waals surface area contributed by atoms with E-state index in [-0.39, 0.29) is 18.5 Å². The van der Waals surface area contributed by atoms with Crippen LogP contribution in [0.5, 0.6) is 0 Å². The van der Waals surface area contributed by atoms with Gasteiger partial charge in [0, 0.05) is 31.9 Å². The summed E-state index contributed by atoms with van der Waals surface area (Å²) in [5.41, 5.74) is 1.32. The Morgan fingerprint density at radius 2 is 2.00 bits per heavy atom. The molecule has 0 spiro atoms. The van der Waals surface area contributed by atoms with Crippen molar-refractivity contribution in [1.82, 2.24) is 10.6 Å². The molecule has 1 aromatic rings. The zero-order valence-corrected chi connectivity index (χ0v) is 14.2. The van der Waals surface area contributed by atoms with Gasteiger partial charge >= 0.3 is 6.03 Å². The molecule has 1 unspecified atom stereocenters. The minimum atomic E-state index is -0.903. The van der Waals surface area contributed by atoms with E-state index < -0.39 is 5.60 Å². The minimum Gasteiger partial charge on any atom is -0.388 e. The van der Waals surface area contributed by atoms with Crippen LogP contribution in [0.2, 0.25) is 0 Å². The van der Waals surface area contributed by atoms with Gasteiger partial charge in [-0.15, -0.1) is 0 Å². The number of urea groups is 1. The average Bonchev–Trinajstić information content (AvgIpc) is 3.05. The third-order valence-corrected chi connectivity index (χ3v) is 4.40. The summed E-state index contributed by atoms with van der Waals surface area (Å²) in [6, 6.07) is 7.91. The second-order valence-electron chi connectivity index (χ2n) is 6.59. The molecule has 2 rings (SSSR count). The molecule has 1 aromatic carbocycles. The van der Waals surface area contributed by atoms with Crippen LogP contribution in [0.15, 0.2) is 36.4 Å². The lowest BCUT2D eigenvalue weighted by Gasteiger charge is -2.27. The molecule has 5 nitrogen and oxygen atoms in total. The van der Waals surface area contributed by atoms with Crippen LogP contribution in [0, 0.1) is 5.92 Å². The van der Waals surface area contributed by atoms with E-state index in [0.29, 0.717) is 6.54 Å². The standard InChI is InChI=1S/C18H27N3O2/c1-14(2)18(3,23)13-20-17(22)19-12-15-7-6-8-16(11-15)21-9-4-5-10-21/h4-8,11,14,23H,9-10,12-13H2,1-3H3,(H2,19,20,22). The summed E-state index contributed by atoms with van der Waals surface area (Å²) >= 11 is 0. The zero-order chi connectivity index (χ0) is 16.9. The normalized spacial score (nSPS) is 16.5. The fraction of sp³-hybridized carbons (Fsp3) is 0.500. The largest absolute Gasteiger partial charge is 0.388 e. The molecular weight excluding hydrogens is 290 g/mol. The third-order valence-electron chi connectivity index (χ3n) is 4.40. The topological polar surface area (TPSA) is 64.6 Å². The Balaban J connectivity index is 1.81. The highest BCUT2D eigenvalue weighted by Crippen LogP contribution is 2.18. The molecule has 0 saturated carbocycles. The average molecular weight is 317 g/mol. The highest BCUT2D eigenvalue weighted by atomic mass is 16.3. The minimum absolute atomic E-state index is 0.0774. The molecule has 1 heterocycles. The molecule has 2 amide bonds. The smallest absolute Gasteiger partial charge is 0.315 e. The summed E-state index contributed by atoms with van der Waals surface area (Å²) in [6.45, 7) is 8.14. The molecule has 1 atom stereocenters. The third kappa shape index (κ3) is 4.99. The fourth-order valence-electron chi connectivity index (χ4n) is 2.26. The van der Waals surface area contributed by atoms with Gasteiger partial charge in [0.2, 0.25) is 0 Å². The predicted molar refractivity (Wildman–Crippen MR) is 93.5 cm³/mol. The van der Waals surface area contributed by atoms with Crippen LogP contribution in [-0.4, -0.2) is 36.4 Å². The molecule has 0 radical (unpaired) electrons. The number of rotatable bonds is 6. The number of hydrogen-bond acceptors (Lipinski definition) is 3. The van der Waals surface area contributed by atoms with Gasteiger partial charge in [-0.1, -0.05) is 38.1 Å². The van der Waals surface area contributed by atoms with Crippen molar-refractivity contribution in [2.24, 2.45) is 5.92 Å². The number of hydrogen-bond donors (Lipinski definition) is 3. The Labute approximate surface area is 138 Å². The highest BCUT2D eigenvalue weighted by molar-refractivity contribution is 5.74. The van der Waals surface area contributed by atoms with E-state index >= 15 is 0 Å². The number of aliphatic hydroxyl groups is 1. The van der Waals surface area contributed by atoms with Crippen molar-refractivity contribution in [1.29, 1.82) is 0 Å². The summed E-state index contributed by atoms with van der Waals surface area (Å²) in [5, 5.41) is 15.7. The van der Waals surface area contributed by atoms with E-state index in [1.54, 1.807) is 6.92 Å². The first kappa shape index (κ1) is 17.3. The maximum Gasteiger partial charge on any atom is 0.315 e. The summed E-state index contributed by atoms with van der Waals surface area (Å²) in [7, 11) is 0. The van der Waals surface area contributed by atoms with E-state index in [1.807, 2.05) is 26.0 Å². The Hall–Kier alpha value is -2.01. The molecule has 3 N–H and O–H groups in total. The second-order valence-corrected chi connectivity index (χ2v) is 6.59. The number of amides is 2. The summed E-state index contributed by atoms with van der Waals surface area (Å²) < 4.78 is 0. The van der Waals surface area contributed by atoms with Gasteiger partial charge < -0.3 is 20.6 Å². The van der Waals surface area contributed by atoms with Crippen molar-refractivity contribution >= 4 is 11.7 Å². The van der Waals surface area contributed by atoms with Crippen LogP contribution in [0.3, 0.4) is 0 Å². The van der Waals surface area contributed by atoms with Crippen molar-refractivity contribution in [3.8, 4) is 0 Å². The molecule has 0 bridgehead atoms. The highest BCUT2D eigenvalue weighted by Gasteiger charge is 2.25. The summed E-state index contributed by atoms with van der Waals surface area (Å²) in [4.78, 5) is 14.1. The maximum atomic E-state index is 11.9. The lowest BCUT2D eigenvalue weighted by molar-refractivity contribution is 0.0166. The van der Waals surface area contributed by atoms with Gasteiger partial charge in [-0.3, -0.25) is 0 Å². The molecule has 126 valence electrons. The van der Waals surface area contributed by atoms with E-state index in [1.165, 1.54) is 0 Å². The Kier molecular flexibility index (Phi) is 5.66. The Morgan fingerprint density at radius 3 is 2.65 bits per heavy atom. The number of carbonyl (C=O) groups is 1. The molecule has 23 heavy (non-hydrogen) atoms. The van der Waals surface area contributed by atoms with Gasteiger partial charge in [-0.05, 0) is 30.5 Å². The molecule has 0 aromatic heterocycles. The quantitative estimate of drug-likeness (QED) is 0.705. The van der Waals surface area contributed by atoms with Gasteiger partial charge in [0.15, 0.2) is 0 Å². The number of benzene rings is 1. The van der Waals surface area contributed by atoms with E-state index in [9.17, 15) is 9.90 Å². The van der Waals surface area contributed by atoms with Crippen LogP contribution in [0.4, 0.5) is 10.5 Å². The maximum absolute atomic E-state index is 11.9. The predicted octanol–water partition coefficient (Wildman–Crippen LogP) is 2.27. The van der Waals surface area contributed by atoms with Gasteiger partial charge in [0.1, 0.15) is 0 Å². The van der Waals surface area contributed by atoms with Crippen molar-refractivity contribution in [3.05, 3.63) is 42.0 Å². The molecular formula is C18H27N3O2. The van der Waals surface area contributed by atoms with Gasteiger partial charge in [0.25, 0.3) is 0 Å². The number of anilines is 1. The number of nitrogens with zero attached hydrogens (tertiary/aromatic N) is 1. The monoisotopic (exact) mass is 317 g/mol. The van der Waals surface area contributed by atoms with Gasteiger partial charge in [0.05, 0.1) is 5.60 Å². The van der Waals surface area contributed by atoms with Crippen molar-refractivity contribution in [2.75, 3.05) is 24.5 Å². The molecule has 0 fully saturated rings. The van der Waals surface area contributed by atoms with E-state index in [0.717, 1.165) is 24.3 Å². The first-order chi connectivity index (χ1) is 10.9. The lowest BCUT2D eigenvalue weighted by Crippen LogP contribution is -2.47. The van der Waals surface area contributed by atoms with Crippen molar-refractivity contribution < 1.29 is 9.90 Å². The van der Waals surface area contributed by atoms with Crippen LogP contribution < -0.4 is 15.5 Å². The molecule has 0 saturated heterocycles. The lowest BCUT2D eigenvalue weighted by atomic mass is 9.93. The Morgan fingerprint density at radius 1 is 1.30 bits per heavy atom. The Bertz CT molecular complexity index is 559. The number of nitrogens with one attached hydrogen (secondary N) is 2. The zero-order valence-electron chi connectivity index (χ0n) is 14.2. The fourth-order valence-corrected chi connectivity index (χ4v) is 2.26. The van der Waals surface area contributed by atoms with Crippen molar-refractivity contribution in [2.45, 2.75) is 32.9 Å². The molecule has 1 aliphatic heterocycles.